The average Bonchev–Trinajstić information content (AvgIpc) is 2.95. The largest absolute Gasteiger partial charge is 0.371 e. The van der Waals surface area contributed by atoms with E-state index in [1.165, 1.54) is 5.69 Å². The predicted octanol–water partition coefficient (Wildman–Crippen LogP) is 2.63. The molecule has 1 aromatic rings. The minimum absolute atomic E-state index is 0.252. The van der Waals surface area contributed by atoms with Crippen LogP contribution in [0.25, 0.3) is 0 Å². The lowest BCUT2D eigenvalue weighted by atomic mass is 9.95. The van der Waals surface area contributed by atoms with Crippen LogP contribution in [0.3, 0.4) is 0 Å². The van der Waals surface area contributed by atoms with Crippen LogP contribution >= 0.6 is 0 Å². The van der Waals surface area contributed by atoms with Gasteiger partial charge in [0.1, 0.15) is 0 Å². The first-order valence-corrected chi connectivity index (χ1v) is 7.54. The van der Waals surface area contributed by atoms with Crippen molar-refractivity contribution in [2.45, 2.75) is 20.8 Å². The van der Waals surface area contributed by atoms with Crippen LogP contribution < -0.4 is 4.90 Å². The number of nitrogens with zero attached hydrogens (tertiary/aromatic N) is 2. The second kappa shape index (κ2) is 4.80. The molecule has 2 unspecified atom stereocenters. The van der Waals surface area contributed by atoms with Gasteiger partial charge in [-0.2, -0.15) is 0 Å². The molecule has 2 atom stereocenters. The lowest BCUT2D eigenvalue weighted by Gasteiger charge is -2.28. The molecule has 1 amide bonds. The van der Waals surface area contributed by atoms with Crippen molar-refractivity contribution < 1.29 is 4.79 Å². The summed E-state index contributed by atoms with van der Waals surface area (Å²) in [5.41, 5.74) is 1.06. The molecule has 2 fully saturated rings. The molecule has 2 saturated heterocycles. The van der Waals surface area contributed by atoms with Gasteiger partial charge in [0.15, 0.2) is 0 Å². The van der Waals surface area contributed by atoms with Gasteiger partial charge in [-0.25, -0.2) is 0 Å². The van der Waals surface area contributed by atoms with Crippen LogP contribution in [0, 0.1) is 17.3 Å². The number of benzene rings is 1. The van der Waals surface area contributed by atoms with Crippen LogP contribution in [0.5, 0.6) is 0 Å². The molecule has 2 aliphatic heterocycles. The monoisotopic (exact) mass is 272 g/mol. The number of amides is 1. The Morgan fingerprint density at radius 3 is 2.05 bits per heavy atom. The Morgan fingerprint density at radius 1 is 1.00 bits per heavy atom. The van der Waals surface area contributed by atoms with Crippen molar-refractivity contribution in [2.24, 2.45) is 17.3 Å². The Kier molecular flexibility index (Phi) is 3.23. The molecule has 1 aromatic carbocycles. The highest BCUT2D eigenvalue weighted by Gasteiger charge is 2.43. The molecular formula is C17H24N2O. The van der Waals surface area contributed by atoms with Crippen molar-refractivity contribution in [3.8, 4) is 0 Å². The molecule has 2 aliphatic rings. The lowest BCUT2D eigenvalue weighted by molar-refractivity contribution is -0.138. The molecule has 0 aliphatic carbocycles. The van der Waals surface area contributed by atoms with Crippen LogP contribution in [-0.4, -0.2) is 37.0 Å². The number of rotatable bonds is 1. The summed E-state index contributed by atoms with van der Waals surface area (Å²) >= 11 is 0. The summed E-state index contributed by atoms with van der Waals surface area (Å²) in [6, 6.07) is 10.6. The van der Waals surface area contributed by atoms with Gasteiger partial charge in [0.2, 0.25) is 5.91 Å². The summed E-state index contributed by atoms with van der Waals surface area (Å²) in [4.78, 5) is 16.9. The topological polar surface area (TPSA) is 23.6 Å². The van der Waals surface area contributed by atoms with Crippen molar-refractivity contribution >= 4 is 11.6 Å². The van der Waals surface area contributed by atoms with Gasteiger partial charge in [0.05, 0.1) is 0 Å². The first kappa shape index (κ1) is 13.5. The minimum Gasteiger partial charge on any atom is -0.371 e. The molecule has 3 rings (SSSR count). The van der Waals surface area contributed by atoms with Gasteiger partial charge in [-0.05, 0) is 12.1 Å². The maximum atomic E-state index is 12.4. The molecule has 108 valence electrons. The smallest absolute Gasteiger partial charge is 0.227 e. The summed E-state index contributed by atoms with van der Waals surface area (Å²) in [5.74, 6) is 1.58. The first-order valence-electron chi connectivity index (χ1n) is 7.54. The molecule has 0 saturated carbocycles. The molecule has 20 heavy (non-hydrogen) atoms. The fraction of sp³-hybridized carbons (Fsp3) is 0.588. The Balaban J connectivity index is 1.64. The molecule has 0 spiro atoms. The van der Waals surface area contributed by atoms with Gasteiger partial charge in [-0.15, -0.1) is 0 Å². The van der Waals surface area contributed by atoms with E-state index in [1.54, 1.807) is 0 Å². The Hall–Kier alpha value is -1.51. The van der Waals surface area contributed by atoms with Gasteiger partial charge in [-0.3, -0.25) is 4.79 Å². The molecule has 0 radical (unpaired) electrons. The number of hydrogen-bond acceptors (Lipinski definition) is 2. The summed E-state index contributed by atoms with van der Waals surface area (Å²) in [5, 5.41) is 0. The number of anilines is 1. The van der Waals surface area contributed by atoms with Crippen molar-refractivity contribution in [3.05, 3.63) is 30.3 Å². The van der Waals surface area contributed by atoms with Crippen molar-refractivity contribution in [1.29, 1.82) is 0 Å². The highest BCUT2D eigenvalue weighted by Crippen LogP contribution is 2.35. The van der Waals surface area contributed by atoms with Crippen molar-refractivity contribution in [3.63, 3.8) is 0 Å². The second-order valence-electron chi connectivity index (χ2n) is 7.22. The maximum absolute atomic E-state index is 12.4. The van der Waals surface area contributed by atoms with E-state index in [1.807, 2.05) is 20.8 Å². The average molecular weight is 272 g/mol. The minimum atomic E-state index is -0.252. The summed E-state index contributed by atoms with van der Waals surface area (Å²) in [6.07, 6.45) is 0. The standard InChI is InChI=1S/C17H24N2O/c1-17(2,3)16(20)19-11-13-9-18(10-14(13)12-19)15-7-5-4-6-8-15/h4-8,13-14H,9-12H2,1-3H3. The van der Waals surface area contributed by atoms with E-state index in [9.17, 15) is 4.79 Å². The van der Waals surface area contributed by atoms with E-state index in [4.69, 9.17) is 0 Å². The fourth-order valence-corrected chi connectivity index (χ4v) is 3.48. The van der Waals surface area contributed by atoms with E-state index in [0.29, 0.717) is 17.7 Å². The quantitative estimate of drug-likeness (QED) is 0.784. The Labute approximate surface area is 121 Å². The van der Waals surface area contributed by atoms with Gasteiger partial charge in [-0.1, -0.05) is 39.0 Å². The number of likely N-dealkylation sites (tertiary alicyclic amines) is 1. The fourth-order valence-electron chi connectivity index (χ4n) is 3.48. The van der Waals surface area contributed by atoms with Crippen LogP contribution in [0.15, 0.2) is 30.3 Å². The van der Waals surface area contributed by atoms with Crippen LogP contribution in [-0.2, 0) is 4.79 Å². The molecule has 0 aromatic heterocycles. The number of carbonyl (C=O) groups is 1. The van der Waals surface area contributed by atoms with Crippen LogP contribution in [0.1, 0.15) is 20.8 Å². The normalized spacial score (nSPS) is 25.9. The van der Waals surface area contributed by atoms with E-state index >= 15 is 0 Å². The lowest BCUT2D eigenvalue weighted by Crippen LogP contribution is -2.39. The summed E-state index contributed by atoms with van der Waals surface area (Å²) in [6.45, 7) is 10.1. The highest BCUT2D eigenvalue weighted by molar-refractivity contribution is 5.81. The second-order valence-corrected chi connectivity index (χ2v) is 7.22. The van der Waals surface area contributed by atoms with Crippen LogP contribution in [0.2, 0.25) is 0 Å². The van der Waals surface area contributed by atoms with Crippen molar-refractivity contribution in [1.82, 2.24) is 4.90 Å². The van der Waals surface area contributed by atoms with E-state index in [0.717, 1.165) is 26.2 Å². The number of fused-ring (bicyclic) bond motifs is 1. The SMILES string of the molecule is CC(C)(C)C(=O)N1CC2CN(c3ccccc3)CC2C1. The van der Waals surface area contributed by atoms with E-state index in [2.05, 4.69) is 40.1 Å². The third-order valence-electron chi connectivity index (χ3n) is 4.54. The van der Waals surface area contributed by atoms with Gasteiger partial charge in [0, 0.05) is 49.1 Å². The Bertz CT molecular complexity index is 477. The predicted molar refractivity (Wildman–Crippen MR) is 81.7 cm³/mol. The third kappa shape index (κ3) is 2.41. The number of para-hydroxylation sites is 1. The summed E-state index contributed by atoms with van der Waals surface area (Å²) < 4.78 is 0. The third-order valence-corrected chi connectivity index (χ3v) is 4.54. The molecule has 0 bridgehead atoms. The first-order chi connectivity index (χ1) is 9.45. The van der Waals surface area contributed by atoms with E-state index < -0.39 is 0 Å². The molecule has 3 nitrogen and oxygen atoms in total. The zero-order chi connectivity index (χ0) is 14.3. The molecule has 3 heteroatoms. The number of carbonyl (C=O) groups excluding carboxylic acids is 1. The highest BCUT2D eigenvalue weighted by atomic mass is 16.2. The van der Waals surface area contributed by atoms with Gasteiger partial charge >= 0.3 is 0 Å². The van der Waals surface area contributed by atoms with Gasteiger partial charge in [0.25, 0.3) is 0 Å². The molecular weight excluding hydrogens is 248 g/mol. The van der Waals surface area contributed by atoms with Gasteiger partial charge < -0.3 is 9.80 Å². The number of hydrogen-bond donors (Lipinski definition) is 0. The van der Waals surface area contributed by atoms with Crippen LogP contribution in [0.4, 0.5) is 5.69 Å². The zero-order valence-electron chi connectivity index (χ0n) is 12.7. The maximum Gasteiger partial charge on any atom is 0.227 e. The molecule has 2 heterocycles. The summed E-state index contributed by atoms with van der Waals surface area (Å²) in [7, 11) is 0. The Morgan fingerprint density at radius 2 is 1.55 bits per heavy atom. The van der Waals surface area contributed by atoms with E-state index in [-0.39, 0.29) is 5.41 Å². The molecule has 0 N–H and O–H groups in total. The van der Waals surface area contributed by atoms with Crippen molar-refractivity contribution in [2.75, 3.05) is 31.1 Å². The zero-order valence-corrected chi connectivity index (χ0v) is 12.7.